The van der Waals surface area contributed by atoms with Gasteiger partial charge in [0.05, 0.1) is 13.5 Å². The molecule has 0 aliphatic carbocycles. The Labute approximate surface area is 114 Å². The van der Waals surface area contributed by atoms with Crippen molar-refractivity contribution < 1.29 is 4.68 Å². The second kappa shape index (κ2) is 4.88. The minimum Gasteiger partial charge on any atom is -0.181 e. The lowest BCUT2D eigenvalue weighted by atomic mass is 9.99. The highest BCUT2D eigenvalue weighted by Crippen LogP contribution is 2.29. The molecule has 1 heterocycles. The van der Waals surface area contributed by atoms with Crippen molar-refractivity contribution in [2.45, 2.75) is 12.5 Å². The number of hydrogen-bond donors (Lipinski definition) is 0. The minimum atomic E-state index is 0.432. The molecule has 96 valence electrons. The molecule has 0 aromatic heterocycles. The zero-order valence-corrected chi connectivity index (χ0v) is 11.5. The summed E-state index contributed by atoms with van der Waals surface area (Å²) in [5.41, 5.74) is 4.08. The van der Waals surface area contributed by atoms with Crippen molar-refractivity contribution >= 4 is 5.71 Å². The quantitative estimate of drug-likeness (QED) is 0.743. The topological polar surface area (TPSA) is 6.25 Å². The van der Waals surface area contributed by atoms with Gasteiger partial charge in [0.25, 0.3) is 0 Å². The first-order valence-electron chi connectivity index (χ1n) is 6.70. The van der Waals surface area contributed by atoms with E-state index in [-0.39, 0.29) is 0 Å². The lowest BCUT2D eigenvalue weighted by molar-refractivity contribution is -0.660. The molecule has 1 unspecified atom stereocenters. The molecule has 3 rings (SSSR count). The normalized spacial score (nSPS) is 19.1. The van der Waals surface area contributed by atoms with E-state index in [4.69, 9.17) is 0 Å². The number of hydrogen-bond acceptors (Lipinski definition) is 1. The van der Waals surface area contributed by atoms with Crippen molar-refractivity contribution in [3.8, 4) is 0 Å². The van der Waals surface area contributed by atoms with Gasteiger partial charge in [-0.1, -0.05) is 48.5 Å². The van der Waals surface area contributed by atoms with Crippen LogP contribution in [-0.4, -0.2) is 29.5 Å². The summed E-state index contributed by atoms with van der Waals surface area (Å²) in [6.07, 6.45) is 1.06. The highest BCUT2D eigenvalue weighted by molar-refractivity contribution is 5.97. The summed E-state index contributed by atoms with van der Waals surface area (Å²) >= 11 is 0. The Morgan fingerprint density at radius 3 is 2.16 bits per heavy atom. The van der Waals surface area contributed by atoms with E-state index in [0.717, 1.165) is 6.42 Å². The predicted molar refractivity (Wildman–Crippen MR) is 78.3 cm³/mol. The van der Waals surface area contributed by atoms with Gasteiger partial charge in [-0.05, 0) is 17.7 Å². The lowest BCUT2D eigenvalue weighted by Gasteiger charge is -2.16. The molecule has 0 saturated heterocycles. The molecule has 1 aliphatic rings. The van der Waals surface area contributed by atoms with E-state index in [9.17, 15) is 0 Å². The Balaban J connectivity index is 1.93. The fourth-order valence-corrected chi connectivity index (χ4v) is 2.79. The van der Waals surface area contributed by atoms with Gasteiger partial charge < -0.3 is 0 Å². The van der Waals surface area contributed by atoms with E-state index in [1.807, 2.05) is 0 Å². The maximum absolute atomic E-state index is 2.32. The number of rotatable bonds is 2. The zero-order chi connectivity index (χ0) is 13.2. The third-order valence-electron chi connectivity index (χ3n) is 3.99. The largest absolute Gasteiger partial charge is 0.215 e. The molecule has 2 aromatic carbocycles. The van der Waals surface area contributed by atoms with Crippen molar-refractivity contribution in [2.24, 2.45) is 0 Å². The van der Waals surface area contributed by atoms with E-state index in [1.165, 1.54) is 16.8 Å². The van der Waals surface area contributed by atoms with E-state index in [0.29, 0.717) is 6.04 Å². The van der Waals surface area contributed by atoms with Crippen molar-refractivity contribution in [3.63, 3.8) is 0 Å². The summed E-state index contributed by atoms with van der Waals surface area (Å²) in [6, 6.07) is 21.8. The molecular formula is C17H19N2+. The molecule has 0 radical (unpaired) electrons. The smallest absolute Gasteiger partial charge is 0.181 e. The number of benzene rings is 2. The summed E-state index contributed by atoms with van der Waals surface area (Å²) in [5.74, 6) is 0. The van der Waals surface area contributed by atoms with Crippen LogP contribution in [0.25, 0.3) is 0 Å². The molecule has 0 saturated carbocycles. The molecule has 0 bridgehead atoms. The highest BCUT2D eigenvalue weighted by Gasteiger charge is 2.35. The van der Waals surface area contributed by atoms with Gasteiger partial charge in [-0.15, -0.1) is 4.68 Å². The molecule has 2 aromatic rings. The number of hydrazine groups is 1. The highest BCUT2D eigenvalue weighted by atomic mass is 15.6. The summed E-state index contributed by atoms with van der Waals surface area (Å²) in [6.45, 7) is 0. The number of hydrazone groups is 1. The van der Waals surface area contributed by atoms with Crippen LogP contribution in [0.5, 0.6) is 0 Å². The van der Waals surface area contributed by atoms with Crippen molar-refractivity contribution in [3.05, 3.63) is 71.8 Å². The molecule has 0 amide bonds. The molecular weight excluding hydrogens is 232 g/mol. The zero-order valence-electron chi connectivity index (χ0n) is 11.5. The van der Waals surface area contributed by atoms with Crippen LogP contribution in [-0.2, 0) is 0 Å². The van der Waals surface area contributed by atoms with Crippen LogP contribution in [0.1, 0.15) is 23.6 Å². The van der Waals surface area contributed by atoms with Crippen molar-refractivity contribution in [1.29, 1.82) is 0 Å². The van der Waals surface area contributed by atoms with Gasteiger partial charge in [0.1, 0.15) is 6.04 Å². The van der Waals surface area contributed by atoms with Crippen LogP contribution < -0.4 is 0 Å². The first kappa shape index (κ1) is 12.0. The first-order valence-corrected chi connectivity index (χ1v) is 6.70. The van der Waals surface area contributed by atoms with Gasteiger partial charge in [0, 0.05) is 5.56 Å². The SMILES string of the molecule is CN1C(c2ccccc2)CC(c2ccccc2)=[N+]1C. The molecule has 2 heteroatoms. The van der Waals surface area contributed by atoms with E-state index in [1.54, 1.807) is 0 Å². The minimum absolute atomic E-state index is 0.432. The molecule has 0 spiro atoms. The average molecular weight is 251 g/mol. The molecule has 19 heavy (non-hydrogen) atoms. The maximum Gasteiger partial charge on any atom is 0.215 e. The Morgan fingerprint density at radius 2 is 1.53 bits per heavy atom. The molecule has 1 aliphatic heterocycles. The van der Waals surface area contributed by atoms with Crippen molar-refractivity contribution in [2.75, 3.05) is 14.1 Å². The van der Waals surface area contributed by atoms with E-state index in [2.05, 4.69) is 84.5 Å². The van der Waals surface area contributed by atoms with Gasteiger partial charge in [0.15, 0.2) is 7.05 Å². The molecule has 1 atom stereocenters. The monoisotopic (exact) mass is 251 g/mol. The van der Waals surface area contributed by atoms with Crippen LogP contribution in [0.3, 0.4) is 0 Å². The Kier molecular flexibility index (Phi) is 3.08. The summed E-state index contributed by atoms with van der Waals surface area (Å²) in [4.78, 5) is 0. The summed E-state index contributed by atoms with van der Waals surface area (Å²) < 4.78 is 2.27. The van der Waals surface area contributed by atoms with Crippen LogP contribution in [0.15, 0.2) is 60.7 Å². The van der Waals surface area contributed by atoms with Gasteiger partial charge in [-0.3, -0.25) is 0 Å². The standard InChI is InChI=1S/C17H19N2/c1-18-16(14-9-5-3-6-10-14)13-17(19(18)2)15-11-7-4-8-12-15/h3-12,16H,13H2,1-2H3/q+1. The fourth-order valence-electron chi connectivity index (χ4n) is 2.79. The van der Waals surface area contributed by atoms with E-state index < -0.39 is 0 Å². The Hall–Kier alpha value is -2.09. The molecule has 2 nitrogen and oxygen atoms in total. The third-order valence-corrected chi connectivity index (χ3v) is 3.99. The maximum atomic E-state index is 2.32. The van der Waals surface area contributed by atoms with Crippen LogP contribution in [0.2, 0.25) is 0 Å². The van der Waals surface area contributed by atoms with Gasteiger partial charge >= 0.3 is 0 Å². The molecule has 0 fully saturated rings. The van der Waals surface area contributed by atoms with Gasteiger partial charge in [-0.2, -0.15) is 5.01 Å². The summed E-state index contributed by atoms with van der Waals surface area (Å²) in [5, 5.41) is 2.32. The Morgan fingerprint density at radius 1 is 0.947 bits per heavy atom. The third kappa shape index (κ3) is 2.14. The van der Waals surface area contributed by atoms with Crippen LogP contribution in [0, 0.1) is 0 Å². The second-order valence-corrected chi connectivity index (χ2v) is 5.04. The predicted octanol–water partition coefficient (Wildman–Crippen LogP) is 3.11. The van der Waals surface area contributed by atoms with Crippen LogP contribution in [0.4, 0.5) is 0 Å². The van der Waals surface area contributed by atoms with Crippen LogP contribution >= 0.6 is 0 Å². The van der Waals surface area contributed by atoms with Crippen molar-refractivity contribution in [1.82, 2.24) is 5.01 Å². The average Bonchev–Trinajstić information content (AvgIpc) is 2.77. The van der Waals surface area contributed by atoms with E-state index >= 15 is 0 Å². The van der Waals surface area contributed by atoms with Gasteiger partial charge in [-0.25, -0.2) is 0 Å². The second-order valence-electron chi connectivity index (χ2n) is 5.04. The first-order chi connectivity index (χ1) is 9.27. The van der Waals surface area contributed by atoms with Gasteiger partial charge in [0.2, 0.25) is 5.71 Å². The Bertz CT molecular complexity index is 587. The lowest BCUT2D eigenvalue weighted by Crippen LogP contribution is -2.27. The molecule has 0 N–H and O–H groups in total. The summed E-state index contributed by atoms with van der Waals surface area (Å²) in [7, 11) is 4.30. The fraction of sp³-hybridized carbons (Fsp3) is 0.235. The number of nitrogens with zero attached hydrogens (tertiary/aromatic N) is 2.